The van der Waals surface area contributed by atoms with E-state index in [-0.39, 0.29) is 0 Å². The van der Waals surface area contributed by atoms with Crippen molar-refractivity contribution < 1.29 is 4.74 Å². The Bertz CT molecular complexity index is 674. The lowest BCUT2D eigenvalue weighted by molar-refractivity contribution is 0.216. The fourth-order valence-electron chi connectivity index (χ4n) is 2.71. The maximum Gasteiger partial charge on any atom is 0.232 e. The Kier molecular flexibility index (Phi) is 5.35. The number of anilines is 2. The van der Waals surface area contributed by atoms with Crippen LogP contribution in [-0.2, 0) is 0 Å². The van der Waals surface area contributed by atoms with Crippen molar-refractivity contribution in [3.8, 4) is 5.88 Å². The molecule has 7 heteroatoms. The van der Waals surface area contributed by atoms with Crippen LogP contribution in [-0.4, -0.2) is 48.7 Å². The van der Waals surface area contributed by atoms with Gasteiger partial charge in [-0.1, -0.05) is 11.6 Å². The second-order valence-corrected chi connectivity index (χ2v) is 6.55. The maximum absolute atomic E-state index is 6.07. The van der Waals surface area contributed by atoms with Crippen LogP contribution in [0.1, 0.15) is 12.8 Å². The van der Waals surface area contributed by atoms with E-state index in [4.69, 9.17) is 16.3 Å². The molecule has 1 aliphatic heterocycles. The van der Waals surface area contributed by atoms with Crippen LogP contribution < -0.4 is 14.5 Å². The fourth-order valence-corrected chi connectivity index (χ4v) is 2.89. The summed E-state index contributed by atoms with van der Waals surface area (Å²) < 4.78 is 5.77. The lowest BCUT2D eigenvalue weighted by Crippen LogP contribution is -2.36. The summed E-state index contributed by atoms with van der Waals surface area (Å²) in [5.74, 6) is 2.74. The van der Waals surface area contributed by atoms with Crippen LogP contribution in [0.4, 0.5) is 11.8 Å². The van der Waals surface area contributed by atoms with Gasteiger partial charge in [0.25, 0.3) is 0 Å². The molecule has 1 aliphatic rings. The largest absolute Gasteiger partial charge is 0.476 e. The van der Waals surface area contributed by atoms with Crippen molar-refractivity contribution in [3.63, 3.8) is 0 Å². The molecule has 1 fully saturated rings. The van der Waals surface area contributed by atoms with Gasteiger partial charge < -0.3 is 14.5 Å². The monoisotopic (exact) mass is 347 g/mol. The van der Waals surface area contributed by atoms with Crippen LogP contribution >= 0.6 is 11.6 Å². The van der Waals surface area contributed by atoms with Gasteiger partial charge in [-0.05, 0) is 37.0 Å². The third kappa shape index (κ3) is 4.06. The Morgan fingerprint density at radius 1 is 1.21 bits per heavy atom. The minimum absolute atomic E-state index is 0.497. The third-order valence-electron chi connectivity index (χ3n) is 4.16. The van der Waals surface area contributed by atoms with Crippen molar-refractivity contribution in [2.45, 2.75) is 12.8 Å². The molecule has 0 N–H and O–H groups in total. The molecule has 24 heavy (non-hydrogen) atoms. The number of piperidine rings is 1. The summed E-state index contributed by atoms with van der Waals surface area (Å²) in [4.78, 5) is 17.4. The van der Waals surface area contributed by atoms with Crippen LogP contribution in [0, 0.1) is 5.92 Å². The van der Waals surface area contributed by atoms with Gasteiger partial charge in [-0.2, -0.15) is 4.98 Å². The zero-order valence-electron chi connectivity index (χ0n) is 14.0. The Morgan fingerprint density at radius 3 is 2.71 bits per heavy atom. The van der Waals surface area contributed by atoms with Gasteiger partial charge in [-0.25, -0.2) is 9.97 Å². The van der Waals surface area contributed by atoms with Gasteiger partial charge in [0.05, 0.1) is 6.61 Å². The van der Waals surface area contributed by atoms with Crippen molar-refractivity contribution in [3.05, 3.63) is 35.6 Å². The first kappa shape index (κ1) is 16.8. The Hall–Kier alpha value is -2.08. The van der Waals surface area contributed by atoms with Crippen LogP contribution in [0.25, 0.3) is 0 Å². The highest BCUT2D eigenvalue weighted by Gasteiger charge is 2.22. The Morgan fingerprint density at radius 2 is 2.00 bits per heavy atom. The summed E-state index contributed by atoms with van der Waals surface area (Å²) in [5.41, 5.74) is 0. The highest BCUT2D eigenvalue weighted by atomic mass is 35.5. The van der Waals surface area contributed by atoms with Gasteiger partial charge in [-0.15, -0.1) is 0 Å². The quantitative estimate of drug-likeness (QED) is 0.829. The van der Waals surface area contributed by atoms with Gasteiger partial charge in [0, 0.05) is 39.6 Å². The molecule has 2 aromatic rings. The normalized spacial score (nSPS) is 15.4. The van der Waals surface area contributed by atoms with E-state index in [0.717, 1.165) is 37.7 Å². The lowest BCUT2D eigenvalue weighted by atomic mass is 9.98. The van der Waals surface area contributed by atoms with Crippen molar-refractivity contribution in [2.24, 2.45) is 5.92 Å². The summed E-state index contributed by atoms with van der Waals surface area (Å²) in [7, 11) is 3.97. The van der Waals surface area contributed by atoms with E-state index in [2.05, 4.69) is 19.9 Å². The van der Waals surface area contributed by atoms with E-state index >= 15 is 0 Å². The molecule has 6 nitrogen and oxygen atoms in total. The third-order valence-corrected chi connectivity index (χ3v) is 4.45. The number of nitrogens with zero attached hydrogens (tertiary/aromatic N) is 5. The van der Waals surface area contributed by atoms with Crippen LogP contribution in [0.5, 0.6) is 5.88 Å². The fraction of sp³-hybridized carbons (Fsp3) is 0.471. The second-order valence-electron chi connectivity index (χ2n) is 6.14. The molecule has 0 aliphatic carbocycles. The number of ether oxygens (including phenoxy) is 1. The number of rotatable bonds is 5. The Balaban J connectivity index is 1.52. The van der Waals surface area contributed by atoms with Gasteiger partial charge >= 0.3 is 0 Å². The molecule has 0 saturated carbocycles. The van der Waals surface area contributed by atoms with E-state index in [1.807, 2.05) is 31.3 Å². The first-order valence-corrected chi connectivity index (χ1v) is 8.50. The van der Waals surface area contributed by atoms with Gasteiger partial charge in [-0.3, -0.25) is 0 Å². The van der Waals surface area contributed by atoms with Crippen molar-refractivity contribution >= 4 is 23.4 Å². The number of aromatic nitrogens is 3. The number of pyridine rings is 1. The lowest BCUT2D eigenvalue weighted by Gasteiger charge is -2.32. The highest BCUT2D eigenvalue weighted by molar-refractivity contribution is 6.31. The molecule has 128 valence electrons. The average Bonchev–Trinajstić information content (AvgIpc) is 2.61. The van der Waals surface area contributed by atoms with Gasteiger partial charge in [0.1, 0.15) is 10.8 Å². The SMILES string of the molecule is CN(C)c1ccnc(N2CCC(COc3ncccc3Cl)CC2)n1. The predicted octanol–water partition coefficient (Wildman–Crippen LogP) is 2.89. The molecule has 0 spiro atoms. The van der Waals surface area contributed by atoms with E-state index in [9.17, 15) is 0 Å². The number of hydrogen-bond acceptors (Lipinski definition) is 6. The minimum Gasteiger partial charge on any atom is -0.476 e. The van der Waals surface area contributed by atoms with Crippen LogP contribution in [0.15, 0.2) is 30.6 Å². The molecule has 1 saturated heterocycles. The van der Waals surface area contributed by atoms with E-state index < -0.39 is 0 Å². The molecular weight excluding hydrogens is 326 g/mol. The van der Waals surface area contributed by atoms with Crippen molar-refractivity contribution in [1.82, 2.24) is 15.0 Å². The molecule has 0 aromatic carbocycles. The van der Waals surface area contributed by atoms with Gasteiger partial charge in [0.15, 0.2) is 0 Å². The van der Waals surface area contributed by atoms with Crippen LogP contribution in [0.3, 0.4) is 0 Å². The average molecular weight is 348 g/mol. The zero-order chi connectivity index (χ0) is 16.9. The minimum atomic E-state index is 0.497. The molecular formula is C17H22ClN5O. The predicted molar refractivity (Wildman–Crippen MR) is 96.0 cm³/mol. The van der Waals surface area contributed by atoms with E-state index in [1.54, 1.807) is 18.3 Å². The van der Waals surface area contributed by atoms with Crippen molar-refractivity contribution in [1.29, 1.82) is 0 Å². The molecule has 2 aromatic heterocycles. The van der Waals surface area contributed by atoms with Crippen LogP contribution in [0.2, 0.25) is 5.02 Å². The molecule has 0 bridgehead atoms. The first-order chi connectivity index (χ1) is 11.6. The second kappa shape index (κ2) is 7.66. The van der Waals surface area contributed by atoms with Crippen molar-refractivity contribution in [2.75, 3.05) is 43.6 Å². The molecule has 0 atom stereocenters. The number of halogens is 1. The zero-order valence-corrected chi connectivity index (χ0v) is 14.8. The molecule has 3 rings (SSSR count). The van der Waals surface area contributed by atoms with E-state index in [0.29, 0.717) is 23.4 Å². The summed E-state index contributed by atoms with van der Waals surface area (Å²) in [6.45, 7) is 2.50. The smallest absolute Gasteiger partial charge is 0.232 e. The maximum atomic E-state index is 6.07. The Labute approximate surface area is 147 Å². The summed E-state index contributed by atoms with van der Waals surface area (Å²) in [6, 6.07) is 5.51. The molecule has 0 amide bonds. The highest BCUT2D eigenvalue weighted by Crippen LogP contribution is 2.25. The summed E-state index contributed by atoms with van der Waals surface area (Å²) >= 11 is 6.07. The van der Waals surface area contributed by atoms with E-state index in [1.165, 1.54) is 0 Å². The number of hydrogen-bond donors (Lipinski definition) is 0. The first-order valence-electron chi connectivity index (χ1n) is 8.12. The van der Waals surface area contributed by atoms with Gasteiger partial charge in [0.2, 0.25) is 11.8 Å². The standard InChI is InChI=1S/C17H22ClN5O/c1-22(2)15-5-9-20-17(21-15)23-10-6-13(7-11-23)12-24-16-14(18)4-3-8-19-16/h3-5,8-9,13H,6-7,10-12H2,1-2H3. The molecule has 0 radical (unpaired) electrons. The summed E-state index contributed by atoms with van der Waals surface area (Å²) in [6.07, 6.45) is 5.59. The molecule has 3 heterocycles. The topological polar surface area (TPSA) is 54.4 Å². The summed E-state index contributed by atoms with van der Waals surface area (Å²) in [5, 5.41) is 0.559. The molecule has 0 unspecified atom stereocenters.